The van der Waals surface area contributed by atoms with Gasteiger partial charge in [0.2, 0.25) is 0 Å². The van der Waals surface area contributed by atoms with Crippen molar-refractivity contribution in [2.75, 3.05) is 6.61 Å². The van der Waals surface area contributed by atoms with E-state index in [-0.39, 0.29) is 18.0 Å². The van der Waals surface area contributed by atoms with E-state index >= 15 is 0 Å². The lowest BCUT2D eigenvalue weighted by Crippen LogP contribution is -2.11. The molecule has 0 aromatic carbocycles. The quantitative estimate of drug-likeness (QED) is 0.329. The number of ether oxygens (including phenoxy) is 2. The fourth-order valence-electron chi connectivity index (χ4n) is 1.94. The molecule has 0 saturated heterocycles. The maximum Gasteiger partial charge on any atom is 0.330 e. The third kappa shape index (κ3) is 13.1. The lowest BCUT2D eigenvalue weighted by atomic mass is 10.1. The number of carbonyl (C=O) groups excluding carboxylic acids is 2. The number of allylic oxidation sites excluding steroid dienone is 1. The van der Waals surface area contributed by atoms with Crippen molar-refractivity contribution in [1.29, 1.82) is 0 Å². The first-order valence-corrected chi connectivity index (χ1v) is 7.56. The molecule has 0 aliphatic carbocycles. The highest BCUT2D eigenvalue weighted by molar-refractivity contribution is 5.81. The van der Waals surface area contributed by atoms with Gasteiger partial charge in [-0.05, 0) is 39.5 Å². The molecule has 116 valence electrons. The highest BCUT2D eigenvalue weighted by atomic mass is 16.5. The van der Waals surface area contributed by atoms with Gasteiger partial charge in [-0.15, -0.1) is 0 Å². The van der Waals surface area contributed by atoms with Crippen molar-refractivity contribution in [3.8, 4) is 0 Å². The summed E-state index contributed by atoms with van der Waals surface area (Å²) in [5, 5.41) is 0. The SMILES string of the molecule is CCOC(=O)/C=C/CCCCCCCC(C)OC(C)=O. The van der Waals surface area contributed by atoms with Crippen LogP contribution in [0.3, 0.4) is 0 Å². The van der Waals surface area contributed by atoms with E-state index in [4.69, 9.17) is 9.47 Å². The van der Waals surface area contributed by atoms with E-state index in [1.54, 1.807) is 6.92 Å². The van der Waals surface area contributed by atoms with E-state index in [9.17, 15) is 9.59 Å². The second-order valence-electron chi connectivity index (χ2n) is 4.92. The molecule has 0 bridgehead atoms. The Kier molecular flexibility index (Phi) is 11.9. The van der Waals surface area contributed by atoms with Crippen LogP contribution in [0.15, 0.2) is 12.2 Å². The van der Waals surface area contributed by atoms with Gasteiger partial charge in [-0.3, -0.25) is 4.79 Å². The molecule has 0 rings (SSSR count). The standard InChI is InChI=1S/C16H28O4/c1-4-19-16(18)13-11-9-7-5-6-8-10-12-14(2)20-15(3)17/h11,13-14H,4-10,12H2,1-3H3/b13-11+. The second kappa shape index (κ2) is 12.7. The highest BCUT2D eigenvalue weighted by Crippen LogP contribution is 2.10. The van der Waals surface area contributed by atoms with Gasteiger partial charge in [-0.2, -0.15) is 0 Å². The third-order valence-corrected chi connectivity index (χ3v) is 2.89. The highest BCUT2D eigenvalue weighted by Gasteiger charge is 2.04. The third-order valence-electron chi connectivity index (χ3n) is 2.89. The molecule has 0 aliphatic heterocycles. The van der Waals surface area contributed by atoms with Crippen LogP contribution in [0.5, 0.6) is 0 Å². The Morgan fingerprint density at radius 2 is 1.75 bits per heavy atom. The molecule has 0 heterocycles. The van der Waals surface area contributed by atoms with Crippen LogP contribution < -0.4 is 0 Å². The number of hydrogen-bond acceptors (Lipinski definition) is 4. The van der Waals surface area contributed by atoms with E-state index in [2.05, 4.69) is 0 Å². The van der Waals surface area contributed by atoms with Crippen molar-refractivity contribution < 1.29 is 19.1 Å². The Morgan fingerprint density at radius 3 is 2.40 bits per heavy atom. The molecule has 0 spiro atoms. The first-order chi connectivity index (χ1) is 9.56. The maximum absolute atomic E-state index is 11.0. The summed E-state index contributed by atoms with van der Waals surface area (Å²) in [6.07, 6.45) is 10.9. The summed E-state index contributed by atoms with van der Waals surface area (Å²) in [6, 6.07) is 0. The zero-order valence-electron chi connectivity index (χ0n) is 13.0. The Morgan fingerprint density at radius 1 is 1.10 bits per heavy atom. The van der Waals surface area contributed by atoms with Gasteiger partial charge in [0.15, 0.2) is 0 Å². The molecule has 4 heteroatoms. The Hall–Kier alpha value is -1.32. The first-order valence-electron chi connectivity index (χ1n) is 7.56. The molecule has 4 nitrogen and oxygen atoms in total. The van der Waals surface area contributed by atoms with Crippen molar-refractivity contribution in [1.82, 2.24) is 0 Å². The zero-order valence-corrected chi connectivity index (χ0v) is 13.0. The van der Waals surface area contributed by atoms with Crippen LogP contribution in [-0.4, -0.2) is 24.6 Å². The minimum Gasteiger partial charge on any atom is -0.463 e. The van der Waals surface area contributed by atoms with Gasteiger partial charge in [0, 0.05) is 13.0 Å². The van der Waals surface area contributed by atoms with Crippen LogP contribution in [-0.2, 0) is 19.1 Å². The monoisotopic (exact) mass is 284 g/mol. The molecular weight excluding hydrogens is 256 g/mol. The molecular formula is C16H28O4. The lowest BCUT2D eigenvalue weighted by molar-refractivity contribution is -0.145. The smallest absolute Gasteiger partial charge is 0.330 e. The van der Waals surface area contributed by atoms with Crippen molar-refractivity contribution >= 4 is 11.9 Å². The summed E-state index contributed by atoms with van der Waals surface area (Å²) in [6.45, 7) is 5.60. The van der Waals surface area contributed by atoms with Gasteiger partial charge in [0.05, 0.1) is 12.7 Å². The molecule has 20 heavy (non-hydrogen) atoms. The largest absolute Gasteiger partial charge is 0.463 e. The molecule has 0 saturated carbocycles. The van der Waals surface area contributed by atoms with Gasteiger partial charge in [0.1, 0.15) is 0 Å². The Bertz CT molecular complexity index is 297. The van der Waals surface area contributed by atoms with Gasteiger partial charge in [0.25, 0.3) is 0 Å². The summed E-state index contributed by atoms with van der Waals surface area (Å²) >= 11 is 0. The van der Waals surface area contributed by atoms with Gasteiger partial charge in [-0.1, -0.05) is 25.3 Å². The average Bonchev–Trinajstić information content (AvgIpc) is 2.36. The number of rotatable bonds is 11. The number of carbonyl (C=O) groups is 2. The predicted octanol–water partition coefficient (Wildman–Crippen LogP) is 3.79. The normalized spacial score (nSPS) is 12.3. The predicted molar refractivity (Wildman–Crippen MR) is 79.3 cm³/mol. The zero-order chi connectivity index (χ0) is 15.2. The van der Waals surface area contributed by atoms with E-state index in [0.29, 0.717) is 6.61 Å². The molecule has 0 aliphatic rings. The van der Waals surface area contributed by atoms with Crippen LogP contribution >= 0.6 is 0 Å². The van der Waals surface area contributed by atoms with Gasteiger partial charge < -0.3 is 9.47 Å². The van der Waals surface area contributed by atoms with Crippen LogP contribution in [0.1, 0.15) is 65.7 Å². The van der Waals surface area contributed by atoms with Crippen LogP contribution in [0.4, 0.5) is 0 Å². The van der Waals surface area contributed by atoms with Crippen molar-refractivity contribution in [2.24, 2.45) is 0 Å². The molecule has 0 aromatic heterocycles. The topological polar surface area (TPSA) is 52.6 Å². The number of hydrogen-bond donors (Lipinski definition) is 0. The van der Waals surface area contributed by atoms with E-state index in [1.807, 2.05) is 13.0 Å². The molecule has 0 aromatic rings. The fraction of sp³-hybridized carbons (Fsp3) is 0.750. The Balaban J connectivity index is 3.32. The summed E-state index contributed by atoms with van der Waals surface area (Å²) in [7, 11) is 0. The molecule has 1 atom stereocenters. The van der Waals surface area contributed by atoms with Crippen molar-refractivity contribution in [2.45, 2.75) is 71.8 Å². The van der Waals surface area contributed by atoms with Gasteiger partial charge in [-0.25, -0.2) is 4.79 Å². The first kappa shape index (κ1) is 18.7. The Labute approximate surface area is 122 Å². The summed E-state index contributed by atoms with van der Waals surface area (Å²) in [5.41, 5.74) is 0. The number of esters is 2. The molecule has 0 amide bonds. The maximum atomic E-state index is 11.0. The molecule has 1 unspecified atom stereocenters. The number of unbranched alkanes of at least 4 members (excludes halogenated alkanes) is 5. The van der Waals surface area contributed by atoms with Crippen LogP contribution in [0.2, 0.25) is 0 Å². The summed E-state index contributed by atoms with van der Waals surface area (Å²) in [4.78, 5) is 21.7. The minimum absolute atomic E-state index is 0.0278. The van der Waals surface area contributed by atoms with Crippen LogP contribution in [0.25, 0.3) is 0 Å². The van der Waals surface area contributed by atoms with Gasteiger partial charge >= 0.3 is 11.9 Å². The second-order valence-corrected chi connectivity index (χ2v) is 4.92. The van der Waals surface area contributed by atoms with E-state index in [1.165, 1.54) is 19.4 Å². The van der Waals surface area contributed by atoms with Crippen molar-refractivity contribution in [3.05, 3.63) is 12.2 Å². The lowest BCUT2D eigenvalue weighted by Gasteiger charge is -2.10. The van der Waals surface area contributed by atoms with Crippen LogP contribution in [0, 0.1) is 0 Å². The average molecular weight is 284 g/mol. The molecule has 0 fully saturated rings. The molecule has 0 N–H and O–H groups in total. The summed E-state index contributed by atoms with van der Waals surface area (Å²) in [5.74, 6) is -0.460. The van der Waals surface area contributed by atoms with E-state index < -0.39 is 0 Å². The van der Waals surface area contributed by atoms with Crippen molar-refractivity contribution in [3.63, 3.8) is 0 Å². The fourth-order valence-corrected chi connectivity index (χ4v) is 1.94. The molecule has 0 radical (unpaired) electrons. The summed E-state index contributed by atoms with van der Waals surface area (Å²) < 4.78 is 9.85. The minimum atomic E-state index is -0.257. The van der Waals surface area contributed by atoms with E-state index in [0.717, 1.165) is 38.5 Å².